The molecule has 25 heavy (non-hydrogen) atoms. The summed E-state index contributed by atoms with van der Waals surface area (Å²) in [5.41, 5.74) is 2.06. The summed E-state index contributed by atoms with van der Waals surface area (Å²) in [5.74, 6) is 2.20. The van der Waals surface area contributed by atoms with E-state index in [0.717, 1.165) is 35.8 Å². The number of piperazine rings is 1. The average molecular weight is 357 g/mol. The van der Waals surface area contributed by atoms with Gasteiger partial charge in [0.1, 0.15) is 5.75 Å². The van der Waals surface area contributed by atoms with Crippen molar-refractivity contribution in [3.63, 3.8) is 0 Å². The molecule has 0 aliphatic carbocycles. The van der Waals surface area contributed by atoms with Crippen molar-refractivity contribution in [2.24, 2.45) is 0 Å². The number of benzene rings is 1. The van der Waals surface area contributed by atoms with E-state index in [-0.39, 0.29) is 11.9 Å². The topological polar surface area (TPSA) is 54.5 Å². The Bertz CT molecular complexity index is 696. The van der Waals surface area contributed by atoms with Crippen LogP contribution in [0.5, 0.6) is 5.75 Å². The molecular formula is C19H23N3O2S. The van der Waals surface area contributed by atoms with Crippen LogP contribution in [-0.2, 0) is 10.5 Å². The van der Waals surface area contributed by atoms with Crippen molar-refractivity contribution in [1.82, 2.24) is 15.2 Å². The van der Waals surface area contributed by atoms with Crippen molar-refractivity contribution in [2.45, 2.75) is 11.8 Å². The summed E-state index contributed by atoms with van der Waals surface area (Å²) in [5, 5.41) is 3.39. The van der Waals surface area contributed by atoms with Gasteiger partial charge >= 0.3 is 0 Å². The van der Waals surface area contributed by atoms with Gasteiger partial charge in [-0.2, -0.15) is 0 Å². The summed E-state index contributed by atoms with van der Waals surface area (Å²) < 4.78 is 5.49. The van der Waals surface area contributed by atoms with Crippen molar-refractivity contribution in [1.29, 1.82) is 0 Å². The number of pyridine rings is 1. The Morgan fingerprint density at radius 1 is 1.32 bits per heavy atom. The molecule has 0 saturated carbocycles. The second kappa shape index (κ2) is 8.87. The summed E-state index contributed by atoms with van der Waals surface area (Å²) in [7, 11) is 1.67. The number of rotatable bonds is 6. The summed E-state index contributed by atoms with van der Waals surface area (Å²) in [4.78, 5) is 19.1. The molecule has 1 aliphatic heterocycles. The van der Waals surface area contributed by atoms with Crippen LogP contribution in [-0.4, -0.2) is 48.3 Å². The van der Waals surface area contributed by atoms with Gasteiger partial charge in [0.15, 0.2) is 0 Å². The Kier molecular flexibility index (Phi) is 6.30. The first-order valence-corrected chi connectivity index (χ1v) is 9.56. The van der Waals surface area contributed by atoms with Crippen LogP contribution in [0, 0.1) is 0 Å². The number of aromatic nitrogens is 1. The molecule has 2 heterocycles. The fourth-order valence-corrected chi connectivity index (χ4v) is 3.85. The third-order valence-electron chi connectivity index (χ3n) is 4.26. The number of amides is 1. The highest BCUT2D eigenvalue weighted by Gasteiger charge is 2.29. The third kappa shape index (κ3) is 4.52. The Morgan fingerprint density at radius 2 is 2.16 bits per heavy atom. The van der Waals surface area contributed by atoms with Gasteiger partial charge in [-0.3, -0.25) is 9.78 Å². The first kappa shape index (κ1) is 17.8. The molecule has 1 saturated heterocycles. The van der Waals surface area contributed by atoms with Crippen LogP contribution < -0.4 is 10.1 Å². The summed E-state index contributed by atoms with van der Waals surface area (Å²) in [6, 6.07) is 13.8. The molecule has 5 nitrogen and oxygen atoms in total. The molecule has 1 aromatic heterocycles. The van der Waals surface area contributed by atoms with Crippen LogP contribution in [0.1, 0.15) is 17.3 Å². The van der Waals surface area contributed by atoms with Crippen molar-refractivity contribution in [3.05, 3.63) is 59.9 Å². The van der Waals surface area contributed by atoms with Crippen molar-refractivity contribution >= 4 is 17.7 Å². The number of nitrogens with zero attached hydrogens (tertiary/aromatic N) is 2. The lowest BCUT2D eigenvalue weighted by atomic mass is 10.0. The van der Waals surface area contributed by atoms with E-state index in [0.29, 0.717) is 12.3 Å². The van der Waals surface area contributed by atoms with Gasteiger partial charge in [0.2, 0.25) is 5.91 Å². The molecule has 6 heteroatoms. The lowest BCUT2D eigenvalue weighted by Gasteiger charge is -2.37. The first-order chi connectivity index (χ1) is 12.3. The standard InChI is InChI=1S/C19H23N3O2S/c1-24-18-8-3-2-7-16(18)17-12-20-10-11-22(17)19(23)14-25-13-15-6-4-5-9-21-15/h2-9,17,20H,10-14H2,1H3. The van der Waals surface area contributed by atoms with Gasteiger partial charge in [-0.05, 0) is 18.2 Å². The predicted octanol–water partition coefficient (Wildman–Crippen LogP) is 2.50. The van der Waals surface area contributed by atoms with Crippen LogP contribution >= 0.6 is 11.8 Å². The Hall–Kier alpha value is -2.05. The van der Waals surface area contributed by atoms with Crippen LogP contribution in [0.2, 0.25) is 0 Å². The zero-order valence-corrected chi connectivity index (χ0v) is 15.2. The number of ether oxygens (including phenoxy) is 1. The molecule has 0 radical (unpaired) electrons. The molecule has 3 rings (SSSR count). The quantitative estimate of drug-likeness (QED) is 0.861. The Labute approximate surface area is 152 Å². The molecular weight excluding hydrogens is 334 g/mol. The highest BCUT2D eigenvalue weighted by atomic mass is 32.2. The minimum absolute atomic E-state index is 0.00727. The zero-order chi connectivity index (χ0) is 17.5. The number of para-hydroxylation sites is 1. The normalized spacial score (nSPS) is 17.3. The highest BCUT2D eigenvalue weighted by molar-refractivity contribution is 7.99. The lowest BCUT2D eigenvalue weighted by molar-refractivity contribution is -0.131. The van der Waals surface area contributed by atoms with Crippen molar-refractivity contribution < 1.29 is 9.53 Å². The van der Waals surface area contributed by atoms with Crippen LogP contribution in [0.15, 0.2) is 48.7 Å². The Balaban J connectivity index is 1.65. The van der Waals surface area contributed by atoms with E-state index in [1.807, 2.05) is 47.4 Å². The molecule has 1 N–H and O–H groups in total. The second-order valence-corrected chi connectivity index (χ2v) is 6.85. The average Bonchev–Trinajstić information content (AvgIpc) is 2.68. The molecule has 1 unspecified atom stereocenters. The largest absolute Gasteiger partial charge is 0.496 e. The smallest absolute Gasteiger partial charge is 0.233 e. The molecule has 1 atom stereocenters. The number of nitrogens with one attached hydrogen (secondary N) is 1. The summed E-state index contributed by atoms with van der Waals surface area (Å²) in [6.45, 7) is 2.28. The van der Waals surface area contributed by atoms with Crippen LogP contribution in [0.25, 0.3) is 0 Å². The molecule has 1 fully saturated rings. The third-order valence-corrected chi connectivity index (χ3v) is 5.21. The predicted molar refractivity (Wildman–Crippen MR) is 101 cm³/mol. The molecule has 0 bridgehead atoms. The number of carbonyl (C=O) groups is 1. The van der Waals surface area contributed by atoms with E-state index in [1.54, 1.807) is 25.1 Å². The maximum atomic E-state index is 12.8. The van der Waals surface area contributed by atoms with Gasteiger partial charge in [-0.25, -0.2) is 0 Å². The van der Waals surface area contributed by atoms with Crippen molar-refractivity contribution in [3.8, 4) is 5.75 Å². The van der Waals surface area contributed by atoms with Gasteiger partial charge in [-0.15, -0.1) is 11.8 Å². The molecule has 132 valence electrons. The maximum Gasteiger partial charge on any atom is 0.233 e. The van der Waals surface area contributed by atoms with Gasteiger partial charge < -0.3 is 15.0 Å². The summed E-state index contributed by atoms with van der Waals surface area (Å²) in [6.07, 6.45) is 1.78. The minimum atomic E-state index is 0.00727. The number of carbonyl (C=O) groups excluding carboxylic acids is 1. The molecule has 2 aromatic rings. The van der Waals surface area contributed by atoms with Crippen LogP contribution in [0.4, 0.5) is 0 Å². The number of methoxy groups -OCH3 is 1. The molecule has 0 spiro atoms. The van der Waals surface area contributed by atoms with Crippen LogP contribution in [0.3, 0.4) is 0 Å². The Morgan fingerprint density at radius 3 is 2.96 bits per heavy atom. The number of thioether (sulfide) groups is 1. The van der Waals surface area contributed by atoms with Gasteiger partial charge in [-0.1, -0.05) is 24.3 Å². The van der Waals surface area contributed by atoms with E-state index in [9.17, 15) is 4.79 Å². The maximum absolute atomic E-state index is 12.8. The SMILES string of the molecule is COc1ccccc1C1CNCCN1C(=O)CSCc1ccccn1. The fourth-order valence-electron chi connectivity index (χ4n) is 3.03. The fraction of sp³-hybridized carbons (Fsp3) is 0.368. The number of hydrogen-bond donors (Lipinski definition) is 1. The molecule has 1 aromatic carbocycles. The first-order valence-electron chi connectivity index (χ1n) is 8.40. The lowest BCUT2D eigenvalue weighted by Crippen LogP contribution is -2.49. The zero-order valence-electron chi connectivity index (χ0n) is 14.4. The van der Waals surface area contributed by atoms with Crippen molar-refractivity contribution in [2.75, 3.05) is 32.5 Å². The second-order valence-electron chi connectivity index (χ2n) is 5.86. The van der Waals surface area contributed by atoms with Gasteiger partial charge in [0, 0.05) is 37.1 Å². The van der Waals surface area contributed by atoms with Gasteiger partial charge in [0.25, 0.3) is 0 Å². The van der Waals surface area contributed by atoms with E-state index in [1.165, 1.54) is 0 Å². The van der Waals surface area contributed by atoms with E-state index < -0.39 is 0 Å². The molecule has 1 amide bonds. The van der Waals surface area contributed by atoms with Gasteiger partial charge in [0.05, 0.1) is 24.6 Å². The van der Waals surface area contributed by atoms with E-state index >= 15 is 0 Å². The minimum Gasteiger partial charge on any atom is -0.496 e. The van der Waals surface area contributed by atoms with E-state index in [2.05, 4.69) is 10.3 Å². The highest BCUT2D eigenvalue weighted by Crippen LogP contribution is 2.30. The molecule has 1 aliphatic rings. The number of hydrogen-bond acceptors (Lipinski definition) is 5. The van der Waals surface area contributed by atoms with E-state index in [4.69, 9.17) is 4.74 Å². The summed E-state index contributed by atoms with van der Waals surface area (Å²) >= 11 is 1.61. The monoisotopic (exact) mass is 357 g/mol.